The van der Waals surface area contributed by atoms with Gasteiger partial charge in [0.15, 0.2) is 0 Å². The number of aryl methyl sites for hydroxylation is 1. The monoisotopic (exact) mass is 376 g/mol. The van der Waals surface area contributed by atoms with Crippen molar-refractivity contribution >= 4 is 15.9 Å². The summed E-state index contributed by atoms with van der Waals surface area (Å²) in [6.45, 7) is 2.98. The Kier molecular flexibility index (Phi) is 5.38. The Bertz CT molecular complexity index is 880. The fourth-order valence-corrected chi connectivity index (χ4v) is 4.10. The number of carbonyl (C=O) groups excluding carboxylic acids is 1. The zero-order valence-electron chi connectivity index (χ0n) is 14.5. The van der Waals surface area contributed by atoms with Crippen LogP contribution in [0.4, 0.5) is 4.39 Å². The van der Waals surface area contributed by atoms with Crippen molar-refractivity contribution in [2.75, 3.05) is 13.1 Å². The molecule has 138 valence electrons. The molecule has 1 amide bonds. The van der Waals surface area contributed by atoms with E-state index in [2.05, 4.69) is 4.72 Å². The lowest BCUT2D eigenvalue weighted by Gasteiger charge is -2.17. The molecule has 2 aromatic rings. The van der Waals surface area contributed by atoms with Crippen LogP contribution in [0.1, 0.15) is 17.5 Å². The highest BCUT2D eigenvalue weighted by atomic mass is 32.2. The van der Waals surface area contributed by atoms with Crippen molar-refractivity contribution < 1.29 is 17.6 Å². The van der Waals surface area contributed by atoms with Crippen LogP contribution in [0, 0.1) is 18.7 Å². The molecule has 0 saturated carbocycles. The lowest BCUT2D eigenvalue weighted by molar-refractivity contribution is -0.128. The Balaban J connectivity index is 1.57. The number of hydrogen-bond acceptors (Lipinski definition) is 3. The fraction of sp³-hybridized carbons (Fsp3) is 0.316. The van der Waals surface area contributed by atoms with Gasteiger partial charge in [0, 0.05) is 26.1 Å². The molecule has 1 saturated heterocycles. The molecule has 1 aliphatic heterocycles. The second-order valence-electron chi connectivity index (χ2n) is 6.64. The van der Waals surface area contributed by atoms with E-state index in [0.29, 0.717) is 19.5 Å². The minimum atomic E-state index is -3.58. The predicted octanol–water partition coefficient (Wildman–Crippen LogP) is 2.46. The standard InChI is InChI=1S/C19H21FN2O3S/c1-14-2-8-18(9-3-14)26(24,25)21-11-16-10-19(23)22(13-16)12-15-4-6-17(20)7-5-15/h2-9,16,21H,10-13H2,1H3/t16-/m1/s1. The highest BCUT2D eigenvalue weighted by Crippen LogP contribution is 2.20. The first-order valence-electron chi connectivity index (χ1n) is 8.42. The molecule has 1 heterocycles. The molecular formula is C19H21FN2O3S. The molecule has 0 aliphatic carbocycles. The number of sulfonamides is 1. The first kappa shape index (κ1) is 18.5. The van der Waals surface area contributed by atoms with Crippen LogP contribution >= 0.6 is 0 Å². The van der Waals surface area contributed by atoms with Crippen molar-refractivity contribution in [1.29, 1.82) is 0 Å². The van der Waals surface area contributed by atoms with Gasteiger partial charge in [-0.1, -0.05) is 29.8 Å². The summed E-state index contributed by atoms with van der Waals surface area (Å²) < 4.78 is 40.2. The average molecular weight is 376 g/mol. The van der Waals surface area contributed by atoms with Crippen LogP contribution in [0.2, 0.25) is 0 Å². The van der Waals surface area contributed by atoms with Gasteiger partial charge in [-0.25, -0.2) is 17.5 Å². The molecule has 26 heavy (non-hydrogen) atoms. The van der Waals surface area contributed by atoms with Crippen LogP contribution in [0.25, 0.3) is 0 Å². The molecule has 0 aromatic heterocycles. The van der Waals surface area contributed by atoms with Gasteiger partial charge in [-0.15, -0.1) is 0 Å². The third-order valence-corrected chi connectivity index (χ3v) is 5.91. The largest absolute Gasteiger partial charge is 0.338 e. The van der Waals surface area contributed by atoms with E-state index in [-0.39, 0.29) is 29.1 Å². The molecule has 3 rings (SSSR count). The number of carbonyl (C=O) groups is 1. The molecule has 7 heteroatoms. The number of likely N-dealkylation sites (tertiary alicyclic amines) is 1. The van der Waals surface area contributed by atoms with E-state index in [0.717, 1.165) is 11.1 Å². The van der Waals surface area contributed by atoms with Crippen LogP contribution in [0.5, 0.6) is 0 Å². The SMILES string of the molecule is Cc1ccc(S(=O)(=O)NC[C@H]2CC(=O)N(Cc3ccc(F)cc3)C2)cc1. The maximum Gasteiger partial charge on any atom is 0.240 e. The van der Waals surface area contributed by atoms with E-state index < -0.39 is 10.0 Å². The van der Waals surface area contributed by atoms with E-state index in [1.54, 1.807) is 41.3 Å². The first-order valence-corrected chi connectivity index (χ1v) is 9.90. The molecule has 5 nitrogen and oxygen atoms in total. The molecule has 1 fully saturated rings. The summed E-state index contributed by atoms with van der Waals surface area (Å²) in [5, 5.41) is 0. The summed E-state index contributed by atoms with van der Waals surface area (Å²) in [6.07, 6.45) is 0.303. The van der Waals surface area contributed by atoms with Gasteiger partial charge >= 0.3 is 0 Å². The Morgan fingerprint density at radius 1 is 1.12 bits per heavy atom. The summed E-state index contributed by atoms with van der Waals surface area (Å²) in [7, 11) is -3.58. The summed E-state index contributed by atoms with van der Waals surface area (Å²) in [5.41, 5.74) is 1.84. The van der Waals surface area contributed by atoms with E-state index in [9.17, 15) is 17.6 Å². The molecular weight excluding hydrogens is 355 g/mol. The zero-order valence-corrected chi connectivity index (χ0v) is 15.3. The van der Waals surface area contributed by atoms with Crippen LogP contribution in [0.3, 0.4) is 0 Å². The Morgan fingerprint density at radius 2 is 1.77 bits per heavy atom. The van der Waals surface area contributed by atoms with Crippen molar-refractivity contribution in [3.63, 3.8) is 0 Å². The normalized spacial score (nSPS) is 17.7. The second-order valence-corrected chi connectivity index (χ2v) is 8.40. The maximum atomic E-state index is 13.0. The Labute approximate surface area is 152 Å². The van der Waals surface area contributed by atoms with Crippen molar-refractivity contribution in [3.05, 3.63) is 65.5 Å². The van der Waals surface area contributed by atoms with Gasteiger partial charge in [-0.2, -0.15) is 0 Å². The molecule has 0 spiro atoms. The van der Waals surface area contributed by atoms with Gasteiger partial charge in [0.1, 0.15) is 5.82 Å². The van der Waals surface area contributed by atoms with Crippen LogP contribution in [-0.4, -0.2) is 32.3 Å². The molecule has 0 unspecified atom stereocenters. The smallest absolute Gasteiger partial charge is 0.240 e. The van der Waals surface area contributed by atoms with E-state index >= 15 is 0 Å². The number of amides is 1. The average Bonchev–Trinajstić information content (AvgIpc) is 2.95. The molecule has 1 atom stereocenters. The van der Waals surface area contributed by atoms with Crippen LogP contribution in [0.15, 0.2) is 53.4 Å². The lowest BCUT2D eigenvalue weighted by Crippen LogP contribution is -2.31. The Morgan fingerprint density at radius 3 is 2.42 bits per heavy atom. The van der Waals surface area contributed by atoms with Crippen LogP contribution < -0.4 is 4.72 Å². The number of nitrogens with one attached hydrogen (secondary N) is 1. The van der Waals surface area contributed by atoms with Crippen molar-refractivity contribution in [2.45, 2.75) is 24.8 Å². The van der Waals surface area contributed by atoms with Crippen molar-refractivity contribution in [2.24, 2.45) is 5.92 Å². The number of hydrogen-bond donors (Lipinski definition) is 1. The van der Waals surface area contributed by atoms with Gasteiger partial charge in [-0.3, -0.25) is 4.79 Å². The van der Waals surface area contributed by atoms with E-state index in [1.807, 2.05) is 6.92 Å². The third kappa shape index (κ3) is 4.47. The minimum Gasteiger partial charge on any atom is -0.338 e. The highest BCUT2D eigenvalue weighted by Gasteiger charge is 2.30. The summed E-state index contributed by atoms with van der Waals surface area (Å²) in [6, 6.07) is 12.7. The number of nitrogens with zero attached hydrogens (tertiary/aromatic N) is 1. The summed E-state index contributed by atoms with van der Waals surface area (Å²) in [4.78, 5) is 14.1. The molecule has 2 aromatic carbocycles. The Hall–Kier alpha value is -2.25. The number of rotatable bonds is 6. The molecule has 0 radical (unpaired) electrons. The van der Waals surface area contributed by atoms with Gasteiger partial charge in [0.2, 0.25) is 15.9 Å². The van der Waals surface area contributed by atoms with Crippen molar-refractivity contribution in [3.8, 4) is 0 Å². The maximum absolute atomic E-state index is 13.0. The molecule has 0 bridgehead atoms. The number of benzene rings is 2. The quantitative estimate of drug-likeness (QED) is 0.842. The minimum absolute atomic E-state index is 0.0196. The lowest BCUT2D eigenvalue weighted by atomic mass is 10.1. The van der Waals surface area contributed by atoms with E-state index in [4.69, 9.17) is 0 Å². The second kappa shape index (κ2) is 7.55. The van der Waals surface area contributed by atoms with Gasteiger partial charge in [-0.05, 0) is 42.7 Å². The molecule has 1 N–H and O–H groups in total. The predicted molar refractivity (Wildman–Crippen MR) is 96.3 cm³/mol. The van der Waals surface area contributed by atoms with Crippen LogP contribution in [-0.2, 0) is 21.4 Å². The summed E-state index contributed by atoms with van der Waals surface area (Å²) in [5.74, 6) is -0.415. The number of halogens is 1. The third-order valence-electron chi connectivity index (χ3n) is 4.47. The molecule has 1 aliphatic rings. The fourth-order valence-electron chi connectivity index (χ4n) is 2.98. The van der Waals surface area contributed by atoms with Crippen molar-refractivity contribution in [1.82, 2.24) is 9.62 Å². The van der Waals surface area contributed by atoms with E-state index in [1.165, 1.54) is 12.1 Å². The van der Waals surface area contributed by atoms with Gasteiger partial charge in [0.05, 0.1) is 4.90 Å². The zero-order chi connectivity index (χ0) is 18.7. The first-order chi connectivity index (χ1) is 12.3. The topological polar surface area (TPSA) is 66.5 Å². The van der Waals surface area contributed by atoms with Gasteiger partial charge in [0.25, 0.3) is 0 Å². The van der Waals surface area contributed by atoms with Gasteiger partial charge < -0.3 is 4.90 Å². The summed E-state index contributed by atoms with van der Waals surface area (Å²) >= 11 is 0. The highest BCUT2D eigenvalue weighted by molar-refractivity contribution is 7.89.